The summed E-state index contributed by atoms with van der Waals surface area (Å²) in [6.45, 7) is 6.10. The normalized spacial score (nSPS) is 13.0. The van der Waals surface area contributed by atoms with Crippen molar-refractivity contribution in [1.29, 1.82) is 0 Å². The number of rotatable bonds is 9. The van der Waals surface area contributed by atoms with Gasteiger partial charge in [-0.3, -0.25) is 4.99 Å². The number of aliphatic imine (C=N–C) groups is 1. The lowest BCUT2D eigenvalue weighted by Crippen LogP contribution is -2.40. The second kappa shape index (κ2) is 10.0. The molecule has 0 aromatic heterocycles. The SMILES string of the molecule is CCCOc1cccc(CCN=C(N)NC(C)COC)c1. The molecule has 0 bridgehead atoms. The van der Waals surface area contributed by atoms with E-state index in [1.165, 1.54) is 5.56 Å². The molecule has 1 atom stereocenters. The van der Waals surface area contributed by atoms with E-state index in [0.29, 0.717) is 19.1 Å². The van der Waals surface area contributed by atoms with Gasteiger partial charge in [0.05, 0.1) is 13.2 Å². The van der Waals surface area contributed by atoms with Gasteiger partial charge in [-0.15, -0.1) is 0 Å². The number of hydrogen-bond donors (Lipinski definition) is 2. The van der Waals surface area contributed by atoms with Gasteiger partial charge in [0, 0.05) is 19.7 Å². The van der Waals surface area contributed by atoms with Gasteiger partial charge in [0.2, 0.25) is 0 Å². The molecule has 0 saturated heterocycles. The average Bonchev–Trinajstić information content (AvgIpc) is 2.45. The van der Waals surface area contributed by atoms with Crippen LogP contribution in [-0.4, -0.2) is 38.9 Å². The lowest BCUT2D eigenvalue weighted by molar-refractivity contribution is 0.179. The maximum atomic E-state index is 5.82. The molecular formula is C16H27N3O2. The third kappa shape index (κ3) is 7.56. The summed E-state index contributed by atoms with van der Waals surface area (Å²) < 4.78 is 10.7. The molecule has 1 aromatic carbocycles. The molecule has 21 heavy (non-hydrogen) atoms. The highest BCUT2D eigenvalue weighted by Gasteiger charge is 2.01. The molecule has 0 aliphatic carbocycles. The number of nitrogens with two attached hydrogens (primary N) is 1. The summed E-state index contributed by atoms with van der Waals surface area (Å²) in [5.41, 5.74) is 7.02. The van der Waals surface area contributed by atoms with Crippen molar-refractivity contribution in [1.82, 2.24) is 5.32 Å². The minimum atomic E-state index is 0.157. The van der Waals surface area contributed by atoms with Gasteiger partial charge in [0.25, 0.3) is 0 Å². The highest BCUT2D eigenvalue weighted by molar-refractivity contribution is 5.78. The highest BCUT2D eigenvalue weighted by atomic mass is 16.5. The van der Waals surface area contributed by atoms with Crippen molar-refractivity contribution in [3.63, 3.8) is 0 Å². The molecule has 1 rings (SSSR count). The first-order valence-corrected chi connectivity index (χ1v) is 7.42. The fourth-order valence-electron chi connectivity index (χ4n) is 1.91. The molecule has 0 fully saturated rings. The van der Waals surface area contributed by atoms with E-state index in [1.807, 2.05) is 19.1 Å². The van der Waals surface area contributed by atoms with E-state index in [2.05, 4.69) is 29.4 Å². The third-order valence-electron chi connectivity index (χ3n) is 2.86. The van der Waals surface area contributed by atoms with Crippen molar-refractivity contribution >= 4 is 5.96 Å². The Hall–Kier alpha value is -1.75. The lowest BCUT2D eigenvalue weighted by atomic mass is 10.1. The van der Waals surface area contributed by atoms with Crippen LogP contribution in [-0.2, 0) is 11.2 Å². The minimum absolute atomic E-state index is 0.157. The highest BCUT2D eigenvalue weighted by Crippen LogP contribution is 2.14. The Morgan fingerprint density at radius 3 is 2.95 bits per heavy atom. The molecule has 0 heterocycles. The van der Waals surface area contributed by atoms with Crippen LogP contribution in [0.25, 0.3) is 0 Å². The van der Waals surface area contributed by atoms with E-state index in [1.54, 1.807) is 7.11 Å². The molecule has 0 aliphatic heterocycles. The van der Waals surface area contributed by atoms with Crippen molar-refractivity contribution in [2.75, 3.05) is 26.9 Å². The maximum Gasteiger partial charge on any atom is 0.188 e. The van der Waals surface area contributed by atoms with Gasteiger partial charge in [-0.25, -0.2) is 0 Å². The van der Waals surface area contributed by atoms with E-state index in [0.717, 1.165) is 25.2 Å². The Morgan fingerprint density at radius 1 is 1.43 bits per heavy atom. The van der Waals surface area contributed by atoms with Crippen molar-refractivity contribution in [3.05, 3.63) is 29.8 Å². The van der Waals surface area contributed by atoms with E-state index in [9.17, 15) is 0 Å². The van der Waals surface area contributed by atoms with Crippen LogP contribution in [0.1, 0.15) is 25.8 Å². The third-order valence-corrected chi connectivity index (χ3v) is 2.86. The van der Waals surface area contributed by atoms with Crippen molar-refractivity contribution in [2.45, 2.75) is 32.7 Å². The number of nitrogens with one attached hydrogen (secondary N) is 1. The standard InChI is InChI=1S/C16H27N3O2/c1-4-10-21-15-7-5-6-14(11-15)8-9-18-16(17)19-13(2)12-20-3/h5-7,11,13H,4,8-10,12H2,1-3H3,(H3,17,18,19). The second-order valence-corrected chi connectivity index (χ2v) is 5.01. The van der Waals surface area contributed by atoms with E-state index in [-0.39, 0.29) is 6.04 Å². The largest absolute Gasteiger partial charge is 0.494 e. The van der Waals surface area contributed by atoms with Gasteiger partial charge in [0.1, 0.15) is 5.75 Å². The monoisotopic (exact) mass is 293 g/mol. The van der Waals surface area contributed by atoms with Crippen LogP contribution in [0, 0.1) is 0 Å². The molecular weight excluding hydrogens is 266 g/mol. The number of ether oxygens (including phenoxy) is 2. The summed E-state index contributed by atoms with van der Waals surface area (Å²) in [5.74, 6) is 1.37. The molecule has 3 N–H and O–H groups in total. The molecule has 1 aromatic rings. The van der Waals surface area contributed by atoms with Crippen LogP contribution in [0.4, 0.5) is 0 Å². The second-order valence-electron chi connectivity index (χ2n) is 5.01. The fourth-order valence-corrected chi connectivity index (χ4v) is 1.91. The van der Waals surface area contributed by atoms with E-state index in [4.69, 9.17) is 15.2 Å². The van der Waals surface area contributed by atoms with Crippen molar-refractivity contribution in [2.24, 2.45) is 10.7 Å². The van der Waals surface area contributed by atoms with Crippen LogP contribution in [0.15, 0.2) is 29.3 Å². The first-order valence-electron chi connectivity index (χ1n) is 7.42. The molecule has 5 nitrogen and oxygen atoms in total. The van der Waals surface area contributed by atoms with Crippen LogP contribution in [0.2, 0.25) is 0 Å². The molecule has 0 amide bonds. The first-order chi connectivity index (χ1) is 10.2. The summed E-state index contributed by atoms with van der Waals surface area (Å²) in [6, 6.07) is 8.27. The predicted octanol–water partition coefficient (Wildman–Crippen LogP) is 1.96. The zero-order chi connectivity index (χ0) is 15.5. The Kier molecular flexibility index (Phi) is 8.28. The molecule has 0 radical (unpaired) electrons. The summed E-state index contributed by atoms with van der Waals surface area (Å²) >= 11 is 0. The molecule has 118 valence electrons. The molecule has 0 aliphatic rings. The number of nitrogens with zero attached hydrogens (tertiary/aromatic N) is 1. The molecule has 0 saturated carbocycles. The zero-order valence-corrected chi connectivity index (χ0v) is 13.3. The van der Waals surface area contributed by atoms with Crippen molar-refractivity contribution < 1.29 is 9.47 Å². The Morgan fingerprint density at radius 2 is 2.24 bits per heavy atom. The quantitative estimate of drug-likeness (QED) is 0.539. The minimum Gasteiger partial charge on any atom is -0.494 e. The summed E-state index contributed by atoms with van der Waals surface area (Å²) in [5, 5.41) is 3.08. The predicted molar refractivity (Wildman–Crippen MR) is 86.9 cm³/mol. The number of guanidine groups is 1. The average molecular weight is 293 g/mol. The van der Waals surface area contributed by atoms with Crippen LogP contribution < -0.4 is 15.8 Å². The van der Waals surface area contributed by atoms with Gasteiger partial charge in [-0.1, -0.05) is 19.1 Å². The molecule has 0 spiro atoms. The van der Waals surface area contributed by atoms with Gasteiger partial charge < -0.3 is 20.5 Å². The smallest absolute Gasteiger partial charge is 0.188 e. The van der Waals surface area contributed by atoms with Gasteiger partial charge in [-0.2, -0.15) is 0 Å². The number of methoxy groups -OCH3 is 1. The van der Waals surface area contributed by atoms with E-state index < -0.39 is 0 Å². The van der Waals surface area contributed by atoms with Crippen LogP contribution in [0.5, 0.6) is 5.75 Å². The molecule has 1 unspecified atom stereocenters. The van der Waals surface area contributed by atoms with Crippen LogP contribution in [0.3, 0.4) is 0 Å². The van der Waals surface area contributed by atoms with Crippen LogP contribution >= 0.6 is 0 Å². The Balaban J connectivity index is 2.40. The summed E-state index contributed by atoms with van der Waals surface area (Å²) in [7, 11) is 1.67. The van der Waals surface area contributed by atoms with Crippen molar-refractivity contribution in [3.8, 4) is 5.75 Å². The first kappa shape index (κ1) is 17.3. The Labute approximate surface area is 127 Å². The summed E-state index contributed by atoms with van der Waals surface area (Å²) in [4.78, 5) is 4.32. The molecule has 5 heteroatoms. The fraction of sp³-hybridized carbons (Fsp3) is 0.562. The summed E-state index contributed by atoms with van der Waals surface area (Å²) in [6.07, 6.45) is 1.85. The van der Waals surface area contributed by atoms with Gasteiger partial charge >= 0.3 is 0 Å². The van der Waals surface area contributed by atoms with Gasteiger partial charge in [0.15, 0.2) is 5.96 Å². The van der Waals surface area contributed by atoms with Gasteiger partial charge in [-0.05, 0) is 37.5 Å². The Bertz CT molecular complexity index is 435. The zero-order valence-electron chi connectivity index (χ0n) is 13.3. The van der Waals surface area contributed by atoms with E-state index >= 15 is 0 Å². The lowest BCUT2D eigenvalue weighted by Gasteiger charge is -2.13. The number of hydrogen-bond acceptors (Lipinski definition) is 3. The maximum absolute atomic E-state index is 5.82. The topological polar surface area (TPSA) is 68.9 Å². The number of benzene rings is 1.